The summed E-state index contributed by atoms with van der Waals surface area (Å²) in [6, 6.07) is 22.6. The maximum Gasteiger partial charge on any atom is 0.258 e. The van der Waals surface area contributed by atoms with Gasteiger partial charge in [-0.2, -0.15) is 4.31 Å². The van der Waals surface area contributed by atoms with Crippen molar-refractivity contribution in [3.63, 3.8) is 0 Å². The fraction of sp³-hybridized carbons (Fsp3) is 0.240. The molecule has 0 radical (unpaired) electrons. The topological polar surface area (TPSA) is 84.9 Å². The second kappa shape index (κ2) is 11.0. The van der Waals surface area contributed by atoms with Crippen LogP contribution < -0.4 is 14.8 Å². The van der Waals surface area contributed by atoms with E-state index in [2.05, 4.69) is 5.32 Å². The number of rotatable bonds is 10. The van der Waals surface area contributed by atoms with Crippen LogP contribution in [0.5, 0.6) is 11.5 Å². The van der Waals surface area contributed by atoms with Gasteiger partial charge in [0.25, 0.3) is 5.91 Å². The third-order valence-electron chi connectivity index (χ3n) is 5.13. The summed E-state index contributed by atoms with van der Waals surface area (Å²) in [4.78, 5) is 12.5. The molecule has 0 saturated heterocycles. The average molecular weight is 469 g/mol. The molecule has 0 aliphatic carbocycles. The Morgan fingerprint density at radius 1 is 0.970 bits per heavy atom. The van der Waals surface area contributed by atoms with Crippen LogP contribution in [0.15, 0.2) is 83.8 Å². The van der Waals surface area contributed by atoms with Crippen molar-refractivity contribution in [2.75, 3.05) is 20.8 Å². The van der Waals surface area contributed by atoms with E-state index in [1.54, 1.807) is 26.3 Å². The molecule has 174 valence electrons. The minimum atomic E-state index is -3.65. The summed E-state index contributed by atoms with van der Waals surface area (Å²) in [5, 5.41) is 2.87. The molecule has 0 heterocycles. The number of para-hydroxylation sites is 1. The Morgan fingerprint density at radius 3 is 2.27 bits per heavy atom. The predicted molar refractivity (Wildman–Crippen MR) is 127 cm³/mol. The van der Waals surface area contributed by atoms with Crippen molar-refractivity contribution in [3.8, 4) is 11.5 Å². The first kappa shape index (κ1) is 24.3. The second-order valence-electron chi connectivity index (χ2n) is 7.54. The predicted octanol–water partition coefficient (Wildman–Crippen LogP) is 3.77. The number of carbonyl (C=O) groups excluding carboxylic acids is 1. The highest BCUT2D eigenvalue weighted by Crippen LogP contribution is 2.24. The Morgan fingerprint density at radius 2 is 1.61 bits per heavy atom. The smallest absolute Gasteiger partial charge is 0.258 e. The molecule has 0 unspecified atom stereocenters. The lowest BCUT2D eigenvalue weighted by atomic mass is 10.1. The lowest BCUT2D eigenvalue weighted by Gasteiger charge is -2.18. The maximum atomic E-state index is 12.8. The summed E-state index contributed by atoms with van der Waals surface area (Å²) < 4.78 is 37.8. The van der Waals surface area contributed by atoms with E-state index in [0.29, 0.717) is 11.5 Å². The van der Waals surface area contributed by atoms with Crippen LogP contribution in [0.3, 0.4) is 0 Å². The fourth-order valence-corrected chi connectivity index (χ4v) is 4.51. The van der Waals surface area contributed by atoms with Gasteiger partial charge in [0.05, 0.1) is 18.0 Å². The average Bonchev–Trinajstić information content (AvgIpc) is 2.83. The van der Waals surface area contributed by atoms with Crippen molar-refractivity contribution >= 4 is 15.9 Å². The third kappa shape index (κ3) is 6.34. The molecular formula is C25H28N2O5S. The number of nitrogens with one attached hydrogen (secondary N) is 1. The minimum absolute atomic E-state index is 0.155. The van der Waals surface area contributed by atoms with Crippen LogP contribution in [0.25, 0.3) is 0 Å². The van der Waals surface area contributed by atoms with Crippen molar-refractivity contribution in [1.82, 2.24) is 9.62 Å². The quantitative estimate of drug-likeness (QED) is 0.490. The second-order valence-corrected chi connectivity index (χ2v) is 9.58. The van der Waals surface area contributed by atoms with E-state index in [1.165, 1.54) is 16.4 Å². The normalized spacial score (nSPS) is 12.2. The first-order valence-corrected chi connectivity index (χ1v) is 11.9. The molecule has 1 amide bonds. The number of carbonyl (C=O) groups is 1. The highest BCUT2D eigenvalue weighted by Gasteiger charge is 2.21. The summed E-state index contributed by atoms with van der Waals surface area (Å²) in [7, 11) is -0.527. The molecule has 0 fully saturated rings. The van der Waals surface area contributed by atoms with E-state index in [1.807, 2.05) is 61.5 Å². The molecule has 7 nitrogen and oxygen atoms in total. The zero-order valence-corrected chi connectivity index (χ0v) is 19.7. The molecule has 1 N–H and O–H groups in total. The molecule has 0 aliphatic heterocycles. The summed E-state index contributed by atoms with van der Waals surface area (Å²) in [5.74, 6) is 0.799. The van der Waals surface area contributed by atoms with Gasteiger partial charge < -0.3 is 14.8 Å². The number of nitrogens with zero attached hydrogens (tertiary/aromatic N) is 1. The monoisotopic (exact) mass is 468 g/mol. The van der Waals surface area contributed by atoms with Gasteiger partial charge in [-0.3, -0.25) is 4.79 Å². The van der Waals surface area contributed by atoms with Crippen LogP contribution in [0.4, 0.5) is 0 Å². The van der Waals surface area contributed by atoms with Gasteiger partial charge in [0.1, 0.15) is 11.5 Å². The van der Waals surface area contributed by atoms with Crippen molar-refractivity contribution in [3.05, 3.63) is 90.0 Å². The maximum absolute atomic E-state index is 12.8. The zero-order chi connectivity index (χ0) is 23.8. The molecule has 3 aromatic carbocycles. The van der Waals surface area contributed by atoms with Gasteiger partial charge in [-0.15, -0.1) is 0 Å². The van der Waals surface area contributed by atoms with E-state index in [4.69, 9.17) is 9.47 Å². The minimum Gasteiger partial charge on any atom is -0.496 e. The van der Waals surface area contributed by atoms with Crippen LogP contribution >= 0.6 is 0 Å². The Kier molecular flexibility index (Phi) is 8.08. The SMILES string of the molecule is COc1ccccc1[C@H](C)NC(=O)COc1ccc(S(=O)(=O)N(C)Cc2ccccc2)cc1. The first-order chi connectivity index (χ1) is 15.8. The highest BCUT2D eigenvalue weighted by molar-refractivity contribution is 7.89. The van der Waals surface area contributed by atoms with E-state index in [-0.39, 0.29) is 30.0 Å². The van der Waals surface area contributed by atoms with Gasteiger partial charge in [0.15, 0.2) is 6.61 Å². The summed E-state index contributed by atoms with van der Waals surface area (Å²) in [5.41, 5.74) is 1.76. The number of hydrogen-bond donors (Lipinski definition) is 1. The Hall–Kier alpha value is -3.36. The van der Waals surface area contributed by atoms with Crippen molar-refractivity contribution < 1.29 is 22.7 Å². The van der Waals surface area contributed by atoms with Crippen LogP contribution in [-0.2, 0) is 21.4 Å². The zero-order valence-electron chi connectivity index (χ0n) is 18.9. The van der Waals surface area contributed by atoms with E-state index < -0.39 is 10.0 Å². The van der Waals surface area contributed by atoms with E-state index >= 15 is 0 Å². The lowest BCUT2D eigenvalue weighted by molar-refractivity contribution is -0.123. The number of amides is 1. The lowest BCUT2D eigenvalue weighted by Crippen LogP contribution is -2.31. The number of hydrogen-bond acceptors (Lipinski definition) is 5. The van der Waals surface area contributed by atoms with Crippen molar-refractivity contribution in [2.45, 2.75) is 24.4 Å². The van der Waals surface area contributed by atoms with Crippen LogP contribution in [0, 0.1) is 0 Å². The molecule has 0 spiro atoms. The number of ether oxygens (including phenoxy) is 2. The Balaban J connectivity index is 1.56. The van der Waals surface area contributed by atoms with Gasteiger partial charge in [-0.25, -0.2) is 8.42 Å². The van der Waals surface area contributed by atoms with Crippen LogP contribution in [0.2, 0.25) is 0 Å². The van der Waals surface area contributed by atoms with E-state index in [9.17, 15) is 13.2 Å². The summed E-state index contributed by atoms with van der Waals surface area (Å²) in [6.07, 6.45) is 0. The van der Waals surface area contributed by atoms with Gasteiger partial charge in [0.2, 0.25) is 10.0 Å². The van der Waals surface area contributed by atoms with Gasteiger partial charge in [-0.05, 0) is 42.8 Å². The fourth-order valence-electron chi connectivity index (χ4n) is 3.35. The van der Waals surface area contributed by atoms with E-state index in [0.717, 1.165) is 11.1 Å². The van der Waals surface area contributed by atoms with Crippen molar-refractivity contribution in [2.24, 2.45) is 0 Å². The molecular weight excluding hydrogens is 440 g/mol. The van der Waals surface area contributed by atoms with Crippen LogP contribution in [-0.4, -0.2) is 39.4 Å². The van der Waals surface area contributed by atoms with Gasteiger partial charge in [-0.1, -0.05) is 48.5 Å². The molecule has 33 heavy (non-hydrogen) atoms. The molecule has 0 aliphatic rings. The first-order valence-electron chi connectivity index (χ1n) is 10.5. The standard InChI is InChI=1S/C25H28N2O5S/c1-19(23-11-7-8-12-24(23)31-3)26-25(28)18-32-21-13-15-22(16-14-21)33(29,30)27(2)17-20-9-5-4-6-10-20/h4-16,19H,17-18H2,1-3H3,(H,26,28)/t19-/m0/s1. The molecule has 3 aromatic rings. The third-order valence-corrected chi connectivity index (χ3v) is 6.95. The molecule has 8 heteroatoms. The Bertz CT molecular complexity index is 1160. The number of sulfonamides is 1. The summed E-state index contributed by atoms with van der Waals surface area (Å²) in [6.45, 7) is 1.94. The molecule has 0 bridgehead atoms. The summed E-state index contributed by atoms with van der Waals surface area (Å²) >= 11 is 0. The molecule has 0 aromatic heterocycles. The molecule has 0 saturated carbocycles. The van der Waals surface area contributed by atoms with Crippen LogP contribution in [0.1, 0.15) is 24.1 Å². The molecule has 3 rings (SSSR count). The van der Waals surface area contributed by atoms with Gasteiger partial charge in [0, 0.05) is 19.2 Å². The molecule has 1 atom stereocenters. The number of benzene rings is 3. The van der Waals surface area contributed by atoms with Crippen molar-refractivity contribution in [1.29, 1.82) is 0 Å². The number of methoxy groups -OCH3 is 1. The van der Waals surface area contributed by atoms with Gasteiger partial charge >= 0.3 is 0 Å². The highest BCUT2D eigenvalue weighted by atomic mass is 32.2. The Labute approximate surface area is 195 Å². The largest absolute Gasteiger partial charge is 0.496 e.